The Kier molecular flexibility index (Phi) is 51.5. The van der Waals surface area contributed by atoms with Gasteiger partial charge in [-0.3, -0.25) is 4.79 Å². The number of aliphatic hydroxyl groups excluding tert-OH is 3. The van der Waals surface area contributed by atoms with Crippen LogP contribution in [0.15, 0.2) is 24.3 Å². The van der Waals surface area contributed by atoms with E-state index >= 15 is 0 Å². The maximum absolute atomic E-state index is 12.5. The van der Waals surface area contributed by atoms with Gasteiger partial charge in [0.05, 0.1) is 18.8 Å². The summed E-state index contributed by atoms with van der Waals surface area (Å²) in [4.78, 5) is 12.5. The molecule has 1 amide bonds. The summed E-state index contributed by atoms with van der Waals surface area (Å²) in [7, 11) is 0. The highest BCUT2D eigenvalue weighted by atomic mass is 16.3. The zero-order valence-corrected chi connectivity index (χ0v) is 42.0. The van der Waals surface area contributed by atoms with Crippen LogP contribution in [0, 0.1) is 0 Å². The third kappa shape index (κ3) is 46.8. The van der Waals surface area contributed by atoms with Gasteiger partial charge in [0.1, 0.15) is 6.10 Å². The molecule has 0 saturated heterocycles. The third-order valence-electron chi connectivity index (χ3n) is 13.3. The summed E-state index contributed by atoms with van der Waals surface area (Å²) in [6, 6.07) is -0.827. The Morgan fingerprint density at radius 3 is 0.935 bits per heavy atom. The summed E-state index contributed by atoms with van der Waals surface area (Å²) < 4.78 is 0. The van der Waals surface area contributed by atoms with E-state index in [0.29, 0.717) is 12.8 Å². The second kappa shape index (κ2) is 52.5. The molecule has 5 heteroatoms. The first-order valence-corrected chi connectivity index (χ1v) is 28.1. The predicted molar refractivity (Wildman–Crippen MR) is 273 cm³/mol. The van der Waals surface area contributed by atoms with Gasteiger partial charge in [-0.2, -0.15) is 0 Å². The Morgan fingerprint density at radius 2 is 0.645 bits per heavy atom. The number of rotatable bonds is 52. The Balaban J connectivity index is 3.57. The lowest BCUT2D eigenvalue weighted by atomic mass is 10.0. The van der Waals surface area contributed by atoms with Gasteiger partial charge < -0.3 is 20.6 Å². The minimum Gasteiger partial charge on any atom is -0.394 e. The van der Waals surface area contributed by atoms with E-state index in [2.05, 4.69) is 43.5 Å². The summed E-state index contributed by atoms with van der Waals surface area (Å²) in [6.45, 7) is 4.21. The number of amides is 1. The number of nitrogens with one attached hydrogen (secondary N) is 1. The molecule has 0 aromatic rings. The average molecular weight is 875 g/mol. The molecule has 3 unspecified atom stereocenters. The number of aliphatic hydroxyl groups is 3. The van der Waals surface area contributed by atoms with Crippen LogP contribution in [-0.2, 0) is 4.79 Å². The van der Waals surface area contributed by atoms with Gasteiger partial charge >= 0.3 is 0 Å². The highest BCUT2D eigenvalue weighted by molar-refractivity contribution is 5.76. The topological polar surface area (TPSA) is 89.8 Å². The zero-order valence-electron chi connectivity index (χ0n) is 42.0. The molecule has 5 nitrogen and oxygen atoms in total. The van der Waals surface area contributed by atoms with E-state index in [1.807, 2.05) is 0 Å². The van der Waals surface area contributed by atoms with Gasteiger partial charge in [-0.25, -0.2) is 0 Å². The fourth-order valence-electron chi connectivity index (χ4n) is 8.93. The van der Waals surface area contributed by atoms with E-state index in [0.717, 1.165) is 38.5 Å². The van der Waals surface area contributed by atoms with Gasteiger partial charge in [0.2, 0.25) is 5.91 Å². The monoisotopic (exact) mass is 874 g/mol. The van der Waals surface area contributed by atoms with Gasteiger partial charge in [0.15, 0.2) is 0 Å². The Hall–Kier alpha value is -1.17. The van der Waals surface area contributed by atoms with Crippen molar-refractivity contribution in [1.29, 1.82) is 0 Å². The van der Waals surface area contributed by atoms with Crippen LogP contribution >= 0.6 is 0 Å². The van der Waals surface area contributed by atoms with E-state index in [1.54, 1.807) is 0 Å². The molecule has 0 aromatic heterocycles. The molecular weight excluding hydrogens is 763 g/mol. The summed E-state index contributed by atoms with van der Waals surface area (Å²) in [6.07, 6.45) is 66.2. The lowest BCUT2D eigenvalue weighted by Gasteiger charge is -2.26. The number of hydrogen-bond acceptors (Lipinski definition) is 4. The van der Waals surface area contributed by atoms with Crippen LogP contribution in [0.25, 0.3) is 0 Å². The van der Waals surface area contributed by atoms with Gasteiger partial charge in [0, 0.05) is 6.42 Å². The predicted octanol–water partition coefficient (Wildman–Crippen LogP) is 17.3. The van der Waals surface area contributed by atoms with Crippen LogP contribution in [-0.4, -0.2) is 46.1 Å². The minimum absolute atomic E-state index is 0.153. The second-order valence-electron chi connectivity index (χ2n) is 19.5. The number of allylic oxidation sites excluding steroid dienone is 4. The van der Waals surface area contributed by atoms with Crippen molar-refractivity contribution >= 4 is 5.91 Å². The molecule has 0 saturated carbocycles. The second-order valence-corrected chi connectivity index (χ2v) is 19.5. The summed E-state index contributed by atoms with van der Waals surface area (Å²) >= 11 is 0. The van der Waals surface area contributed by atoms with Crippen LogP contribution < -0.4 is 5.32 Å². The van der Waals surface area contributed by atoms with Gasteiger partial charge in [0.25, 0.3) is 0 Å². The van der Waals surface area contributed by atoms with Gasteiger partial charge in [-0.1, -0.05) is 263 Å². The molecule has 3 atom stereocenters. The zero-order chi connectivity index (χ0) is 45.1. The number of unbranched alkanes of at least 4 members (excludes halogenated alkanes) is 40. The molecule has 0 radical (unpaired) electrons. The van der Waals surface area contributed by atoms with Gasteiger partial charge in [-0.05, 0) is 64.2 Å². The molecule has 0 aromatic carbocycles. The number of hydrogen-bond donors (Lipinski definition) is 4. The first kappa shape index (κ1) is 60.8. The van der Waals surface area contributed by atoms with Crippen LogP contribution in [0.4, 0.5) is 0 Å². The van der Waals surface area contributed by atoms with Crippen molar-refractivity contribution in [3.8, 4) is 0 Å². The lowest BCUT2D eigenvalue weighted by molar-refractivity contribution is -0.124. The SMILES string of the molecule is CCCCCCCCCCCCCC/C=C\CCCCCCCCCCC(=O)NC(CO)C(O)C(O)CCC/C=C/CCCCCCCCCCCCCCCCCCCCC. The normalized spacial score (nSPS) is 13.4. The third-order valence-corrected chi connectivity index (χ3v) is 13.3. The fraction of sp³-hybridized carbons (Fsp3) is 0.912. The molecular formula is C57H111NO4. The van der Waals surface area contributed by atoms with E-state index in [-0.39, 0.29) is 12.5 Å². The summed E-state index contributed by atoms with van der Waals surface area (Å²) in [5, 5.41) is 33.7. The maximum Gasteiger partial charge on any atom is 0.220 e. The van der Waals surface area contributed by atoms with Crippen molar-refractivity contribution in [3.05, 3.63) is 24.3 Å². The van der Waals surface area contributed by atoms with Crippen molar-refractivity contribution in [3.63, 3.8) is 0 Å². The van der Waals surface area contributed by atoms with Crippen molar-refractivity contribution in [2.24, 2.45) is 0 Å². The molecule has 0 rings (SSSR count). The van der Waals surface area contributed by atoms with E-state index in [4.69, 9.17) is 0 Å². The summed E-state index contributed by atoms with van der Waals surface area (Å²) in [5.41, 5.74) is 0. The van der Waals surface area contributed by atoms with Crippen LogP contribution in [0.1, 0.15) is 309 Å². The average Bonchev–Trinajstić information content (AvgIpc) is 3.28. The van der Waals surface area contributed by atoms with Crippen molar-refractivity contribution in [1.82, 2.24) is 5.32 Å². The highest BCUT2D eigenvalue weighted by Crippen LogP contribution is 2.17. The molecule has 0 aliphatic carbocycles. The van der Waals surface area contributed by atoms with E-state index in [9.17, 15) is 20.1 Å². The van der Waals surface area contributed by atoms with Crippen molar-refractivity contribution in [2.45, 2.75) is 327 Å². The van der Waals surface area contributed by atoms with Crippen molar-refractivity contribution in [2.75, 3.05) is 6.61 Å². The molecule has 0 spiro atoms. The highest BCUT2D eigenvalue weighted by Gasteiger charge is 2.26. The van der Waals surface area contributed by atoms with Crippen LogP contribution in [0.3, 0.4) is 0 Å². The van der Waals surface area contributed by atoms with E-state index in [1.165, 1.54) is 244 Å². The number of carbonyl (C=O) groups excluding carboxylic acids is 1. The van der Waals surface area contributed by atoms with E-state index < -0.39 is 18.2 Å². The van der Waals surface area contributed by atoms with Gasteiger partial charge in [-0.15, -0.1) is 0 Å². The molecule has 0 fully saturated rings. The largest absolute Gasteiger partial charge is 0.394 e. The van der Waals surface area contributed by atoms with Crippen LogP contribution in [0.2, 0.25) is 0 Å². The van der Waals surface area contributed by atoms with Crippen molar-refractivity contribution < 1.29 is 20.1 Å². The number of carbonyl (C=O) groups is 1. The smallest absolute Gasteiger partial charge is 0.220 e. The quantitative estimate of drug-likeness (QED) is 0.0362. The molecule has 0 aliphatic rings. The summed E-state index contributed by atoms with van der Waals surface area (Å²) in [5.74, 6) is -0.153. The Bertz CT molecular complexity index is 920. The Labute approximate surface area is 388 Å². The first-order valence-electron chi connectivity index (χ1n) is 28.1. The fourth-order valence-corrected chi connectivity index (χ4v) is 8.93. The minimum atomic E-state index is -1.16. The standard InChI is InChI=1S/C57H111NO4/c1-3-5-7-9-11-13-15-17-19-21-23-25-27-29-31-33-35-37-39-41-43-45-47-49-51-55(60)57(62)54(53-59)58-56(61)52-50-48-46-44-42-40-38-36-34-32-30-28-26-24-22-20-18-16-14-12-10-8-6-4-2/h30,32,43,45,54-55,57,59-60,62H,3-29,31,33-42,44,46-53H2,1-2H3,(H,58,61)/b32-30-,45-43+. The molecule has 0 bridgehead atoms. The molecule has 0 aliphatic heterocycles. The molecule has 0 heterocycles. The first-order chi connectivity index (χ1) is 30.6. The molecule has 4 N–H and O–H groups in total. The Morgan fingerprint density at radius 1 is 0.387 bits per heavy atom. The maximum atomic E-state index is 12.5. The lowest BCUT2D eigenvalue weighted by Crippen LogP contribution is -2.50. The van der Waals surface area contributed by atoms with Crippen LogP contribution in [0.5, 0.6) is 0 Å². The molecule has 368 valence electrons. The molecule has 62 heavy (non-hydrogen) atoms.